The maximum Gasteiger partial charge on any atom is 0.249 e. The molecule has 47 heavy (non-hydrogen) atoms. The van der Waals surface area contributed by atoms with Crippen LogP contribution in [0.5, 0.6) is 0 Å². The molecule has 0 radical (unpaired) electrons. The fraction of sp³-hybridized carbons (Fsp3) is 0.976. The maximum atomic E-state index is 12.4. The van der Waals surface area contributed by atoms with Gasteiger partial charge in [0, 0.05) is 0 Å². The summed E-state index contributed by atoms with van der Waals surface area (Å²) < 4.78 is 0. The predicted molar refractivity (Wildman–Crippen MR) is 204 cm³/mol. The van der Waals surface area contributed by atoms with E-state index in [1.165, 1.54) is 180 Å². The van der Waals surface area contributed by atoms with Gasteiger partial charge in [-0.2, -0.15) is 0 Å². The van der Waals surface area contributed by atoms with Gasteiger partial charge in [-0.15, -0.1) is 0 Å². The van der Waals surface area contributed by atoms with Gasteiger partial charge in [0.25, 0.3) is 0 Å². The van der Waals surface area contributed by atoms with E-state index in [9.17, 15) is 20.1 Å². The van der Waals surface area contributed by atoms with Crippen LogP contribution in [-0.2, 0) is 4.79 Å². The Balaban J connectivity index is 3.59. The number of unbranched alkanes of at least 4 members (excludes halogenated alkanes) is 31. The standard InChI is InChI=1S/C42H85NO4/c1-3-5-7-9-11-13-15-17-19-20-21-22-23-25-26-28-30-32-34-36-40(45)39(38-44)43-42(47)41(46)37-35-33-31-29-27-24-18-16-14-12-10-8-6-4-2/h39-41,44-46H,3-38H2,1-2H3,(H,43,47). The predicted octanol–water partition coefficient (Wildman–Crippen LogP) is 11.9. The fourth-order valence-electron chi connectivity index (χ4n) is 6.84. The minimum atomic E-state index is -1.07. The number of hydrogen-bond acceptors (Lipinski definition) is 4. The molecule has 0 saturated carbocycles. The van der Waals surface area contributed by atoms with Crippen LogP contribution in [0.3, 0.4) is 0 Å². The highest BCUT2D eigenvalue weighted by atomic mass is 16.3. The SMILES string of the molecule is CCCCCCCCCCCCCCCCCCCCCC(O)C(CO)NC(=O)C(O)CCCCCCCCCCCCCCCC. The lowest BCUT2D eigenvalue weighted by Crippen LogP contribution is -2.49. The second-order valence-electron chi connectivity index (χ2n) is 14.9. The minimum Gasteiger partial charge on any atom is -0.394 e. The van der Waals surface area contributed by atoms with Crippen LogP contribution in [0.1, 0.15) is 239 Å². The molecule has 3 atom stereocenters. The molecule has 0 aliphatic rings. The summed E-state index contributed by atoms with van der Waals surface area (Å²) in [5.74, 6) is -0.467. The smallest absolute Gasteiger partial charge is 0.249 e. The first-order valence-electron chi connectivity index (χ1n) is 21.3. The maximum absolute atomic E-state index is 12.4. The number of aliphatic hydroxyl groups excluding tert-OH is 3. The van der Waals surface area contributed by atoms with Gasteiger partial charge in [-0.25, -0.2) is 0 Å². The quantitative estimate of drug-likeness (QED) is 0.0491. The highest BCUT2D eigenvalue weighted by Gasteiger charge is 2.23. The topological polar surface area (TPSA) is 89.8 Å². The van der Waals surface area contributed by atoms with Crippen molar-refractivity contribution in [1.29, 1.82) is 0 Å². The Kier molecular flexibility index (Phi) is 37.6. The molecule has 0 aliphatic heterocycles. The molecule has 3 unspecified atom stereocenters. The van der Waals surface area contributed by atoms with Crippen molar-refractivity contribution in [2.24, 2.45) is 0 Å². The summed E-state index contributed by atoms with van der Waals surface area (Å²) in [5, 5.41) is 33.3. The van der Waals surface area contributed by atoms with E-state index < -0.39 is 24.2 Å². The van der Waals surface area contributed by atoms with E-state index in [4.69, 9.17) is 0 Å². The van der Waals surface area contributed by atoms with Crippen LogP contribution in [0.15, 0.2) is 0 Å². The van der Waals surface area contributed by atoms with Crippen LogP contribution in [-0.4, -0.2) is 46.1 Å². The van der Waals surface area contributed by atoms with E-state index in [1.807, 2.05) is 0 Å². The van der Waals surface area contributed by atoms with Crippen molar-refractivity contribution in [3.8, 4) is 0 Å². The average Bonchev–Trinajstić information content (AvgIpc) is 3.07. The Bertz CT molecular complexity index is 615. The van der Waals surface area contributed by atoms with E-state index in [0.29, 0.717) is 12.8 Å². The highest BCUT2D eigenvalue weighted by molar-refractivity contribution is 5.80. The van der Waals surface area contributed by atoms with Gasteiger partial charge in [0.15, 0.2) is 0 Å². The minimum absolute atomic E-state index is 0.308. The lowest BCUT2D eigenvalue weighted by molar-refractivity contribution is -0.131. The zero-order valence-corrected chi connectivity index (χ0v) is 31.9. The molecule has 282 valence electrons. The number of aliphatic hydroxyl groups is 3. The van der Waals surface area contributed by atoms with Crippen LogP contribution >= 0.6 is 0 Å². The lowest BCUT2D eigenvalue weighted by atomic mass is 10.0. The van der Waals surface area contributed by atoms with Gasteiger partial charge in [0.2, 0.25) is 5.91 Å². The fourth-order valence-corrected chi connectivity index (χ4v) is 6.84. The van der Waals surface area contributed by atoms with Crippen molar-refractivity contribution in [2.75, 3.05) is 6.61 Å². The van der Waals surface area contributed by atoms with Crippen molar-refractivity contribution in [3.05, 3.63) is 0 Å². The molecule has 1 amide bonds. The molecule has 0 fully saturated rings. The summed E-state index contributed by atoms with van der Waals surface area (Å²) in [5.41, 5.74) is 0. The monoisotopic (exact) mass is 668 g/mol. The molecular formula is C42H85NO4. The highest BCUT2D eigenvalue weighted by Crippen LogP contribution is 2.17. The molecule has 5 heteroatoms. The molecule has 0 aromatic rings. The van der Waals surface area contributed by atoms with Crippen LogP contribution in [0.25, 0.3) is 0 Å². The number of amides is 1. The Morgan fingerprint density at radius 2 is 0.681 bits per heavy atom. The molecule has 0 rings (SSSR count). The first kappa shape index (κ1) is 46.4. The van der Waals surface area contributed by atoms with Crippen molar-refractivity contribution in [1.82, 2.24) is 5.32 Å². The zero-order chi connectivity index (χ0) is 34.5. The van der Waals surface area contributed by atoms with E-state index >= 15 is 0 Å². The third kappa shape index (κ3) is 33.6. The number of carbonyl (C=O) groups excluding carboxylic acids is 1. The largest absolute Gasteiger partial charge is 0.394 e. The molecule has 0 aromatic carbocycles. The molecule has 5 nitrogen and oxygen atoms in total. The van der Waals surface area contributed by atoms with Crippen molar-refractivity contribution >= 4 is 5.91 Å². The van der Waals surface area contributed by atoms with E-state index in [2.05, 4.69) is 19.2 Å². The molecule has 0 saturated heterocycles. The molecule has 0 spiro atoms. The summed E-state index contributed by atoms with van der Waals surface area (Å²) in [6.45, 7) is 4.24. The van der Waals surface area contributed by atoms with Gasteiger partial charge in [-0.1, -0.05) is 226 Å². The van der Waals surface area contributed by atoms with Gasteiger partial charge in [0.1, 0.15) is 6.10 Å². The third-order valence-corrected chi connectivity index (χ3v) is 10.2. The van der Waals surface area contributed by atoms with Crippen LogP contribution < -0.4 is 5.32 Å². The molecule has 0 aromatic heterocycles. The number of carbonyl (C=O) groups is 1. The Morgan fingerprint density at radius 3 is 0.957 bits per heavy atom. The van der Waals surface area contributed by atoms with Crippen LogP contribution in [0, 0.1) is 0 Å². The van der Waals surface area contributed by atoms with Gasteiger partial charge in [0.05, 0.1) is 18.8 Å². The third-order valence-electron chi connectivity index (χ3n) is 10.2. The van der Waals surface area contributed by atoms with Crippen LogP contribution in [0.4, 0.5) is 0 Å². The number of rotatable bonds is 39. The number of nitrogens with one attached hydrogen (secondary N) is 1. The van der Waals surface area contributed by atoms with Gasteiger partial charge < -0.3 is 20.6 Å². The van der Waals surface area contributed by atoms with Crippen LogP contribution in [0.2, 0.25) is 0 Å². The zero-order valence-electron chi connectivity index (χ0n) is 31.9. The molecule has 0 aliphatic carbocycles. The van der Waals surface area contributed by atoms with E-state index in [-0.39, 0.29) is 6.61 Å². The summed E-state index contributed by atoms with van der Waals surface area (Å²) in [4.78, 5) is 12.4. The molecule has 4 N–H and O–H groups in total. The first-order valence-corrected chi connectivity index (χ1v) is 21.3. The van der Waals surface area contributed by atoms with Gasteiger partial charge in [-0.05, 0) is 12.8 Å². The van der Waals surface area contributed by atoms with Crippen molar-refractivity contribution < 1.29 is 20.1 Å². The van der Waals surface area contributed by atoms with E-state index in [1.54, 1.807) is 0 Å². The Hall–Kier alpha value is -0.650. The lowest BCUT2D eigenvalue weighted by Gasteiger charge is -2.23. The van der Waals surface area contributed by atoms with Gasteiger partial charge >= 0.3 is 0 Å². The summed E-state index contributed by atoms with van der Waals surface area (Å²) in [7, 11) is 0. The Morgan fingerprint density at radius 1 is 0.426 bits per heavy atom. The van der Waals surface area contributed by atoms with Crippen molar-refractivity contribution in [3.63, 3.8) is 0 Å². The average molecular weight is 668 g/mol. The molecule has 0 bridgehead atoms. The van der Waals surface area contributed by atoms with E-state index in [0.717, 1.165) is 32.1 Å². The number of hydrogen-bond donors (Lipinski definition) is 4. The van der Waals surface area contributed by atoms with Crippen molar-refractivity contribution in [2.45, 2.75) is 257 Å². The summed E-state index contributed by atoms with van der Waals surface area (Å²) in [6, 6.07) is -0.705. The summed E-state index contributed by atoms with van der Waals surface area (Å²) in [6.07, 6.45) is 42.4. The Labute approximate surface area is 294 Å². The second-order valence-corrected chi connectivity index (χ2v) is 14.9. The first-order chi connectivity index (χ1) is 23.1. The van der Waals surface area contributed by atoms with Gasteiger partial charge in [-0.3, -0.25) is 4.79 Å². The molecule has 0 heterocycles. The molecular weight excluding hydrogens is 582 g/mol. The second kappa shape index (κ2) is 38.2. The summed E-state index contributed by atoms with van der Waals surface area (Å²) >= 11 is 0. The normalized spacial score (nSPS) is 13.6.